The lowest BCUT2D eigenvalue weighted by Crippen LogP contribution is -2.55. The molecule has 94 valence electrons. The first-order valence-corrected chi connectivity index (χ1v) is 5.34. The molecule has 1 aliphatic heterocycles. The average molecular weight is 237 g/mol. The summed E-state index contributed by atoms with van der Waals surface area (Å²) in [6, 6.07) is 0. The molecule has 0 saturated carbocycles. The molecule has 16 heavy (non-hydrogen) atoms. The van der Waals surface area contributed by atoms with Crippen LogP contribution >= 0.6 is 0 Å². The van der Waals surface area contributed by atoms with E-state index in [4.69, 9.17) is 9.84 Å². The van der Waals surface area contributed by atoms with E-state index < -0.39 is 30.6 Å². The van der Waals surface area contributed by atoms with Crippen LogP contribution in [0.15, 0.2) is 0 Å². The monoisotopic (exact) mass is 237 g/mol. The van der Waals surface area contributed by atoms with Crippen LogP contribution < -0.4 is 0 Å². The number of alkyl halides is 2. The van der Waals surface area contributed by atoms with Gasteiger partial charge in [-0.15, -0.1) is 0 Å². The highest BCUT2D eigenvalue weighted by molar-refractivity contribution is 5.80. The summed E-state index contributed by atoms with van der Waals surface area (Å²) in [5, 5.41) is 9.05. The standard InChI is InChI=1S/C10H17F2NO3/c1-3-16-8-4-5-13(6-10(8,11)12)9(15)7(2)14/h7-8,14H,3-6H2,1-2H3/t7-,8?/m0/s1. The number of carbonyl (C=O) groups is 1. The number of piperidine rings is 1. The van der Waals surface area contributed by atoms with Crippen molar-refractivity contribution in [1.82, 2.24) is 4.90 Å². The van der Waals surface area contributed by atoms with Crippen LogP contribution in [0, 0.1) is 0 Å². The van der Waals surface area contributed by atoms with E-state index in [1.54, 1.807) is 6.92 Å². The maximum Gasteiger partial charge on any atom is 0.290 e. The van der Waals surface area contributed by atoms with Gasteiger partial charge in [0.15, 0.2) is 0 Å². The van der Waals surface area contributed by atoms with Crippen molar-refractivity contribution in [2.75, 3.05) is 19.7 Å². The first kappa shape index (κ1) is 13.3. The molecule has 1 unspecified atom stereocenters. The van der Waals surface area contributed by atoms with Crippen LogP contribution in [0.2, 0.25) is 0 Å². The molecule has 0 spiro atoms. The van der Waals surface area contributed by atoms with E-state index in [1.807, 2.05) is 0 Å². The second kappa shape index (κ2) is 5.05. The van der Waals surface area contributed by atoms with E-state index in [9.17, 15) is 13.6 Å². The highest BCUT2D eigenvalue weighted by atomic mass is 19.3. The first-order chi connectivity index (χ1) is 7.38. The summed E-state index contributed by atoms with van der Waals surface area (Å²) in [4.78, 5) is 12.3. The predicted molar refractivity (Wildman–Crippen MR) is 53.2 cm³/mol. The van der Waals surface area contributed by atoms with E-state index in [0.29, 0.717) is 0 Å². The summed E-state index contributed by atoms with van der Waals surface area (Å²) in [7, 11) is 0. The van der Waals surface area contributed by atoms with Gasteiger partial charge in [0.2, 0.25) is 0 Å². The van der Waals surface area contributed by atoms with Crippen molar-refractivity contribution < 1.29 is 23.4 Å². The molecule has 0 bridgehead atoms. The Labute approximate surface area is 93.2 Å². The molecule has 0 aliphatic carbocycles. The number of ether oxygens (including phenoxy) is 1. The third-order valence-electron chi connectivity index (χ3n) is 2.57. The van der Waals surface area contributed by atoms with Gasteiger partial charge in [0.1, 0.15) is 12.2 Å². The van der Waals surface area contributed by atoms with Crippen molar-refractivity contribution in [1.29, 1.82) is 0 Å². The summed E-state index contributed by atoms with van der Waals surface area (Å²) in [6.07, 6.45) is -2.27. The van der Waals surface area contributed by atoms with Gasteiger partial charge < -0.3 is 14.7 Å². The van der Waals surface area contributed by atoms with Crippen LogP contribution in [0.4, 0.5) is 8.78 Å². The minimum atomic E-state index is -3.04. The number of nitrogens with zero attached hydrogens (tertiary/aromatic N) is 1. The second-order valence-electron chi connectivity index (χ2n) is 3.93. The Morgan fingerprint density at radius 1 is 1.69 bits per heavy atom. The Balaban J connectivity index is 2.63. The summed E-state index contributed by atoms with van der Waals surface area (Å²) in [5.74, 6) is -3.70. The molecule has 4 nitrogen and oxygen atoms in total. The van der Waals surface area contributed by atoms with Gasteiger partial charge in [0.25, 0.3) is 11.8 Å². The Morgan fingerprint density at radius 2 is 2.31 bits per heavy atom. The Bertz CT molecular complexity index is 258. The quantitative estimate of drug-likeness (QED) is 0.783. The van der Waals surface area contributed by atoms with Gasteiger partial charge in [-0.2, -0.15) is 0 Å². The molecule has 0 aromatic carbocycles. The van der Waals surface area contributed by atoms with Crippen LogP contribution in [0.1, 0.15) is 20.3 Å². The van der Waals surface area contributed by atoms with Gasteiger partial charge >= 0.3 is 0 Å². The molecule has 1 rings (SSSR count). The van der Waals surface area contributed by atoms with Gasteiger partial charge in [-0.1, -0.05) is 0 Å². The minimum absolute atomic E-state index is 0.0965. The van der Waals surface area contributed by atoms with Crippen molar-refractivity contribution in [3.05, 3.63) is 0 Å². The molecule has 1 fully saturated rings. The zero-order valence-corrected chi connectivity index (χ0v) is 9.45. The number of carbonyl (C=O) groups excluding carboxylic acids is 1. The molecule has 1 saturated heterocycles. The summed E-state index contributed by atoms with van der Waals surface area (Å²) < 4.78 is 32.0. The number of aliphatic hydroxyl groups excluding tert-OH is 1. The number of rotatable bonds is 3. The molecular weight excluding hydrogens is 220 g/mol. The molecule has 0 aromatic heterocycles. The van der Waals surface area contributed by atoms with Crippen molar-refractivity contribution >= 4 is 5.91 Å². The van der Waals surface area contributed by atoms with Crippen LogP contribution in [0.25, 0.3) is 0 Å². The highest BCUT2D eigenvalue weighted by Gasteiger charge is 2.46. The number of aliphatic hydroxyl groups is 1. The highest BCUT2D eigenvalue weighted by Crippen LogP contribution is 2.29. The molecular formula is C10H17F2NO3. The van der Waals surface area contributed by atoms with Crippen molar-refractivity contribution in [2.45, 2.75) is 38.4 Å². The van der Waals surface area contributed by atoms with Crippen LogP contribution in [0.5, 0.6) is 0 Å². The van der Waals surface area contributed by atoms with E-state index in [0.717, 1.165) is 4.90 Å². The molecule has 0 aromatic rings. The lowest BCUT2D eigenvalue weighted by atomic mass is 10.0. The Morgan fingerprint density at radius 3 is 2.75 bits per heavy atom. The largest absolute Gasteiger partial charge is 0.384 e. The number of amides is 1. The van der Waals surface area contributed by atoms with Gasteiger partial charge in [-0.3, -0.25) is 4.79 Å². The fourth-order valence-electron chi connectivity index (χ4n) is 1.78. The summed E-state index contributed by atoms with van der Waals surface area (Å²) >= 11 is 0. The lowest BCUT2D eigenvalue weighted by Gasteiger charge is -2.38. The molecule has 1 N–H and O–H groups in total. The van der Waals surface area contributed by atoms with Gasteiger partial charge in [-0.25, -0.2) is 8.78 Å². The van der Waals surface area contributed by atoms with Crippen LogP contribution in [0.3, 0.4) is 0 Å². The van der Waals surface area contributed by atoms with Gasteiger partial charge in [-0.05, 0) is 20.3 Å². The topological polar surface area (TPSA) is 49.8 Å². The fraction of sp³-hybridized carbons (Fsp3) is 0.900. The second-order valence-corrected chi connectivity index (χ2v) is 3.93. The van der Waals surface area contributed by atoms with Gasteiger partial charge in [0, 0.05) is 13.2 Å². The SMILES string of the molecule is CCOC1CCN(C(=O)[C@H](C)O)CC1(F)F. The molecule has 0 radical (unpaired) electrons. The van der Waals surface area contributed by atoms with E-state index in [-0.39, 0.29) is 19.6 Å². The summed E-state index contributed by atoms with van der Waals surface area (Å²) in [6.45, 7) is 2.68. The molecule has 1 amide bonds. The van der Waals surface area contributed by atoms with E-state index in [1.165, 1.54) is 6.92 Å². The molecule has 1 heterocycles. The van der Waals surface area contributed by atoms with Gasteiger partial charge in [0.05, 0.1) is 6.54 Å². The first-order valence-electron chi connectivity index (χ1n) is 5.34. The summed E-state index contributed by atoms with van der Waals surface area (Å²) in [5.41, 5.74) is 0. The fourth-order valence-corrected chi connectivity index (χ4v) is 1.78. The van der Waals surface area contributed by atoms with E-state index >= 15 is 0 Å². The zero-order valence-electron chi connectivity index (χ0n) is 9.45. The minimum Gasteiger partial charge on any atom is -0.384 e. The average Bonchev–Trinajstić information content (AvgIpc) is 2.19. The molecule has 2 atom stereocenters. The third kappa shape index (κ3) is 2.89. The zero-order chi connectivity index (χ0) is 12.3. The normalized spacial score (nSPS) is 26.6. The van der Waals surface area contributed by atoms with Crippen molar-refractivity contribution in [2.24, 2.45) is 0 Å². The van der Waals surface area contributed by atoms with Crippen molar-refractivity contribution in [3.63, 3.8) is 0 Å². The molecule has 6 heteroatoms. The predicted octanol–water partition coefficient (Wildman–Crippen LogP) is 0.640. The maximum absolute atomic E-state index is 13.5. The number of halogens is 2. The maximum atomic E-state index is 13.5. The Hall–Kier alpha value is -0.750. The van der Waals surface area contributed by atoms with Crippen molar-refractivity contribution in [3.8, 4) is 0 Å². The number of hydrogen-bond acceptors (Lipinski definition) is 3. The molecule has 1 aliphatic rings. The number of likely N-dealkylation sites (tertiary alicyclic amines) is 1. The van der Waals surface area contributed by atoms with Crippen LogP contribution in [-0.4, -0.2) is 53.7 Å². The van der Waals surface area contributed by atoms with E-state index in [2.05, 4.69) is 0 Å². The number of hydrogen-bond donors (Lipinski definition) is 1. The lowest BCUT2D eigenvalue weighted by molar-refractivity contribution is -0.182. The van der Waals surface area contributed by atoms with Crippen LogP contribution in [-0.2, 0) is 9.53 Å². The third-order valence-corrected chi connectivity index (χ3v) is 2.57. The Kier molecular flexibility index (Phi) is 4.21. The smallest absolute Gasteiger partial charge is 0.290 e.